The molecule has 0 spiro atoms. The number of benzene rings is 1. The highest BCUT2D eigenvalue weighted by atomic mass is 79.9. The molecular formula is C12H13BrN4O2. The topological polar surface area (TPSA) is 87.0 Å². The zero-order chi connectivity index (χ0) is 14.0. The van der Waals surface area contributed by atoms with E-state index in [-0.39, 0.29) is 11.7 Å². The summed E-state index contributed by atoms with van der Waals surface area (Å²) in [5.41, 5.74) is 7.55. The van der Waals surface area contributed by atoms with Crippen molar-refractivity contribution in [3.63, 3.8) is 0 Å². The van der Waals surface area contributed by atoms with Crippen LogP contribution in [0.1, 0.15) is 24.1 Å². The summed E-state index contributed by atoms with van der Waals surface area (Å²) in [4.78, 5) is 10.4. The number of halogens is 1. The highest BCUT2D eigenvalue weighted by molar-refractivity contribution is 9.10. The maximum absolute atomic E-state index is 10.9. The Morgan fingerprint density at radius 3 is 2.89 bits per heavy atom. The van der Waals surface area contributed by atoms with Gasteiger partial charge in [0.25, 0.3) is 5.69 Å². The van der Waals surface area contributed by atoms with Gasteiger partial charge in [-0.1, -0.05) is 12.1 Å². The predicted molar refractivity (Wildman–Crippen MR) is 74.7 cm³/mol. The van der Waals surface area contributed by atoms with Crippen molar-refractivity contribution in [3.05, 3.63) is 56.3 Å². The Bertz CT molecular complexity index is 610. The van der Waals surface area contributed by atoms with E-state index in [0.717, 1.165) is 11.1 Å². The first-order chi connectivity index (χ1) is 8.99. The maximum atomic E-state index is 10.9. The molecule has 0 aliphatic carbocycles. The van der Waals surface area contributed by atoms with Crippen LogP contribution in [0.15, 0.2) is 35.1 Å². The molecule has 1 aromatic carbocycles. The molecule has 2 rings (SSSR count). The van der Waals surface area contributed by atoms with Gasteiger partial charge in [0, 0.05) is 23.9 Å². The van der Waals surface area contributed by atoms with Crippen LogP contribution in [0.3, 0.4) is 0 Å². The number of hydrogen-bond donors (Lipinski definition) is 1. The van der Waals surface area contributed by atoms with E-state index in [1.165, 1.54) is 6.07 Å². The van der Waals surface area contributed by atoms with Crippen LogP contribution in [-0.2, 0) is 6.54 Å². The van der Waals surface area contributed by atoms with Crippen LogP contribution in [0.4, 0.5) is 5.69 Å². The molecule has 0 aliphatic rings. The van der Waals surface area contributed by atoms with Gasteiger partial charge in [-0.3, -0.25) is 14.8 Å². The molecule has 1 heterocycles. The van der Waals surface area contributed by atoms with Crippen molar-refractivity contribution >= 4 is 21.6 Å². The molecule has 6 nitrogen and oxygen atoms in total. The molecular weight excluding hydrogens is 312 g/mol. The second-order valence-electron chi connectivity index (χ2n) is 4.27. The molecule has 0 amide bonds. The van der Waals surface area contributed by atoms with Crippen LogP contribution >= 0.6 is 15.9 Å². The van der Waals surface area contributed by atoms with Crippen LogP contribution < -0.4 is 5.73 Å². The van der Waals surface area contributed by atoms with E-state index < -0.39 is 4.92 Å². The van der Waals surface area contributed by atoms with E-state index in [1.54, 1.807) is 16.9 Å². The summed E-state index contributed by atoms with van der Waals surface area (Å²) in [6.45, 7) is 2.33. The van der Waals surface area contributed by atoms with Gasteiger partial charge in [0.1, 0.15) is 4.47 Å². The third-order valence-electron chi connectivity index (χ3n) is 2.77. The Hall–Kier alpha value is -1.73. The maximum Gasteiger partial charge on any atom is 0.283 e. The third-order valence-corrected chi connectivity index (χ3v) is 3.68. The molecule has 2 aromatic rings. The quantitative estimate of drug-likeness (QED) is 0.691. The van der Waals surface area contributed by atoms with Crippen molar-refractivity contribution in [1.29, 1.82) is 0 Å². The van der Waals surface area contributed by atoms with Crippen molar-refractivity contribution in [2.24, 2.45) is 5.73 Å². The Balaban J connectivity index is 2.28. The lowest BCUT2D eigenvalue weighted by Gasteiger charge is -2.05. The molecule has 1 unspecified atom stereocenters. The van der Waals surface area contributed by atoms with E-state index in [9.17, 15) is 10.1 Å². The monoisotopic (exact) mass is 324 g/mol. The molecule has 0 radical (unpaired) electrons. The highest BCUT2D eigenvalue weighted by Gasteiger charge is 2.15. The van der Waals surface area contributed by atoms with Crippen LogP contribution in [0.5, 0.6) is 0 Å². The van der Waals surface area contributed by atoms with Gasteiger partial charge in [0.2, 0.25) is 0 Å². The van der Waals surface area contributed by atoms with E-state index >= 15 is 0 Å². The molecule has 7 heteroatoms. The molecule has 1 aromatic heterocycles. The molecule has 0 saturated heterocycles. The first-order valence-electron chi connectivity index (χ1n) is 5.68. The van der Waals surface area contributed by atoms with Crippen LogP contribution in [0.2, 0.25) is 0 Å². The molecule has 1 atom stereocenters. The minimum Gasteiger partial charge on any atom is -0.324 e. The Morgan fingerprint density at radius 2 is 2.32 bits per heavy atom. The first kappa shape index (κ1) is 13.7. The van der Waals surface area contributed by atoms with Gasteiger partial charge >= 0.3 is 0 Å². The second-order valence-corrected chi connectivity index (χ2v) is 5.06. The van der Waals surface area contributed by atoms with E-state index in [4.69, 9.17) is 5.73 Å². The number of nitro benzene ring substituents is 1. The summed E-state index contributed by atoms with van der Waals surface area (Å²) in [6, 6.07) is 4.87. The van der Waals surface area contributed by atoms with Gasteiger partial charge in [0.05, 0.1) is 17.7 Å². The van der Waals surface area contributed by atoms with Crippen LogP contribution in [0, 0.1) is 10.1 Å². The van der Waals surface area contributed by atoms with E-state index in [0.29, 0.717) is 11.0 Å². The number of nitrogens with zero attached hydrogens (tertiary/aromatic N) is 3. The minimum atomic E-state index is -0.413. The van der Waals surface area contributed by atoms with Crippen LogP contribution in [0.25, 0.3) is 0 Å². The summed E-state index contributed by atoms with van der Waals surface area (Å²) < 4.78 is 2.19. The molecule has 100 valence electrons. The van der Waals surface area contributed by atoms with Crippen molar-refractivity contribution in [2.75, 3.05) is 0 Å². The van der Waals surface area contributed by atoms with Crippen LogP contribution in [-0.4, -0.2) is 14.7 Å². The number of aromatic nitrogens is 2. The smallest absolute Gasteiger partial charge is 0.283 e. The minimum absolute atomic E-state index is 0.0528. The van der Waals surface area contributed by atoms with Crippen molar-refractivity contribution in [3.8, 4) is 0 Å². The molecule has 0 bridgehead atoms. The molecule has 0 fully saturated rings. The molecule has 0 aliphatic heterocycles. The Kier molecular flexibility index (Phi) is 3.96. The first-order valence-corrected chi connectivity index (χ1v) is 6.48. The van der Waals surface area contributed by atoms with E-state index in [1.807, 2.05) is 19.2 Å². The zero-order valence-corrected chi connectivity index (χ0v) is 11.9. The summed E-state index contributed by atoms with van der Waals surface area (Å²) in [6.07, 6.45) is 3.55. The Labute approximate surface area is 118 Å². The SMILES string of the molecule is CC(N)c1cnn(Cc2cccc([N+](=O)[O-])c2Br)c1. The van der Waals surface area contributed by atoms with Gasteiger partial charge in [0.15, 0.2) is 0 Å². The zero-order valence-electron chi connectivity index (χ0n) is 10.3. The average Bonchev–Trinajstić information content (AvgIpc) is 2.80. The largest absolute Gasteiger partial charge is 0.324 e. The Morgan fingerprint density at radius 1 is 1.58 bits per heavy atom. The average molecular weight is 325 g/mol. The lowest BCUT2D eigenvalue weighted by molar-refractivity contribution is -0.385. The third kappa shape index (κ3) is 2.99. The summed E-state index contributed by atoms with van der Waals surface area (Å²) >= 11 is 3.27. The summed E-state index contributed by atoms with van der Waals surface area (Å²) in [5.74, 6) is 0. The number of hydrogen-bond acceptors (Lipinski definition) is 4. The molecule has 19 heavy (non-hydrogen) atoms. The fourth-order valence-corrected chi connectivity index (χ4v) is 2.24. The summed E-state index contributed by atoms with van der Waals surface area (Å²) in [7, 11) is 0. The van der Waals surface area contributed by atoms with E-state index in [2.05, 4.69) is 21.0 Å². The number of nitrogens with two attached hydrogens (primary N) is 1. The second kappa shape index (κ2) is 5.50. The molecule has 2 N–H and O–H groups in total. The number of nitro groups is 1. The summed E-state index contributed by atoms with van der Waals surface area (Å²) in [5, 5.41) is 15.1. The fraction of sp³-hybridized carbons (Fsp3) is 0.250. The highest BCUT2D eigenvalue weighted by Crippen LogP contribution is 2.28. The van der Waals surface area contributed by atoms with Crippen molar-refractivity contribution in [2.45, 2.75) is 19.5 Å². The number of rotatable bonds is 4. The standard InChI is InChI=1S/C12H13BrN4O2/c1-8(14)10-5-15-16(7-10)6-9-3-2-4-11(12(9)13)17(18)19/h2-5,7-8H,6,14H2,1H3. The fourth-order valence-electron chi connectivity index (χ4n) is 1.71. The lowest BCUT2D eigenvalue weighted by atomic mass is 10.2. The van der Waals surface area contributed by atoms with Gasteiger partial charge in [-0.05, 0) is 28.4 Å². The normalized spacial score (nSPS) is 12.4. The van der Waals surface area contributed by atoms with Gasteiger partial charge in [-0.15, -0.1) is 0 Å². The lowest BCUT2D eigenvalue weighted by Crippen LogP contribution is -2.04. The van der Waals surface area contributed by atoms with Gasteiger partial charge in [-0.25, -0.2) is 0 Å². The van der Waals surface area contributed by atoms with Crippen molar-refractivity contribution in [1.82, 2.24) is 9.78 Å². The van der Waals surface area contributed by atoms with Gasteiger partial charge in [-0.2, -0.15) is 5.10 Å². The molecule has 0 saturated carbocycles. The predicted octanol–water partition coefficient (Wildman–Crippen LogP) is 2.62. The van der Waals surface area contributed by atoms with Crippen molar-refractivity contribution < 1.29 is 4.92 Å². The van der Waals surface area contributed by atoms with Gasteiger partial charge < -0.3 is 5.73 Å².